The molecule has 0 amide bonds. The summed E-state index contributed by atoms with van der Waals surface area (Å²) in [4.78, 5) is 6.98. The van der Waals surface area contributed by atoms with Crippen molar-refractivity contribution in [3.8, 4) is 0 Å². The van der Waals surface area contributed by atoms with Gasteiger partial charge in [-0.25, -0.2) is 4.98 Å². The van der Waals surface area contributed by atoms with Crippen molar-refractivity contribution in [1.29, 1.82) is 0 Å². The minimum Gasteiger partial charge on any atom is -0.367 e. The minimum absolute atomic E-state index is 0.436. The third-order valence-corrected chi connectivity index (χ3v) is 5.10. The number of aryl methyl sites for hydroxylation is 1. The number of anilines is 1. The lowest BCUT2D eigenvalue weighted by molar-refractivity contribution is 0.193. The highest BCUT2D eigenvalue weighted by Gasteiger charge is 2.28. The molecule has 3 heterocycles. The standard InChI is InChI=1S/C20H25N5/c1-15-12-20(25-19(22-15)8-10-21-25)23-18-9-11-24(2)14-17(18)13-16-6-4-3-5-7-16/h3-8,10,12,17-18,23H,9,11,13-14H2,1-2H3/t17-,18+/m0/s1. The van der Waals surface area contributed by atoms with Crippen LogP contribution in [0.3, 0.4) is 0 Å². The quantitative estimate of drug-likeness (QED) is 0.796. The van der Waals surface area contributed by atoms with Gasteiger partial charge < -0.3 is 10.2 Å². The number of hydrogen-bond donors (Lipinski definition) is 1. The lowest BCUT2D eigenvalue weighted by Gasteiger charge is -2.38. The van der Waals surface area contributed by atoms with Crippen molar-refractivity contribution in [1.82, 2.24) is 19.5 Å². The summed E-state index contributed by atoms with van der Waals surface area (Å²) in [7, 11) is 2.22. The van der Waals surface area contributed by atoms with Gasteiger partial charge in [0.1, 0.15) is 5.82 Å². The van der Waals surface area contributed by atoms with Gasteiger partial charge in [0.25, 0.3) is 0 Å². The highest BCUT2D eigenvalue weighted by molar-refractivity contribution is 5.49. The Hall–Kier alpha value is -2.40. The molecule has 1 aliphatic rings. The average Bonchev–Trinajstić information content (AvgIpc) is 3.06. The summed E-state index contributed by atoms with van der Waals surface area (Å²) in [5.41, 5.74) is 3.32. The molecule has 0 aliphatic carbocycles. The number of likely N-dealkylation sites (tertiary alicyclic amines) is 1. The van der Waals surface area contributed by atoms with Gasteiger partial charge in [-0.15, -0.1) is 0 Å². The highest BCUT2D eigenvalue weighted by Crippen LogP contribution is 2.24. The molecular weight excluding hydrogens is 310 g/mol. The van der Waals surface area contributed by atoms with Gasteiger partial charge >= 0.3 is 0 Å². The Morgan fingerprint density at radius 2 is 2.04 bits per heavy atom. The smallest absolute Gasteiger partial charge is 0.157 e. The Balaban J connectivity index is 1.59. The minimum atomic E-state index is 0.436. The summed E-state index contributed by atoms with van der Waals surface area (Å²) in [6, 6.07) is 15.3. The predicted molar refractivity (Wildman–Crippen MR) is 101 cm³/mol. The van der Waals surface area contributed by atoms with E-state index in [1.807, 2.05) is 23.7 Å². The molecule has 1 aromatic carbocycles. The molecule has 3 aromatic rings. The molecule has 1 aliphatic heterocycles. The number of fused-ring (bicyclic) bond motifs is 1. The van der Waals surface area contributed by atoms with Crippen LogP contribution in [0.5, 0.6) is 0 Å². The van der Waals surface area contributed by atoms with Crippen molar-refractivity contribution in [2.24, 2.45) is 5.92 Å². The fraction of sp³-hybridized carbons (Fsp3) is 0.400. The molecule has 2 aromatic heterocycles. The largest absolute Gasteiger partial charge is 0.367 e. The summed E-state index contributed by atoms with van der Waals surface area (Å²) >= 11 is 0. The molecule has 1 saturated heterocycles. The highest BCUT2D eigenvalue weighted by atomic mass is 15.3. The molecule has 0 spiro atoms. The molecular formula is C20H25N5. The van der Waals surface area contributed by atoms with Crippen molar-refractivity contribution < 1.29 is 0 Å². The normalized spacial score (nSPS) is 21.5. The molecule has 2 atom stereocenters. The zero-order valence-corrected chi connectivity index (χ0v) is 14.9. The first kappa shape index (κ1) is 16.1. The fourth-order valence-corrected chi connectivity index (χ4v) is 3.86. The molecule has 1 fully saturated rings. The van der Waals surface area contributed by atoms with Crippen LogP contribution >= 0.6 is 0 Å². The molecule has 1 N–H and O–H groups in total. The first-order valence-electron chi connectivity index (χ1n) is 8.99. The number of rotatable bonds is 4. The van der Waals surface area contributed by atoms with Gasteiger partial charge in [0.05, 0.1) is 6.20 Å². The van der Waals surface area contributed by atoms with Crippen LogP contribution < -0.4 is 5.32 Å². The molecule has 5 heteroatoms. The topological polar surface area (TPSA) is 45.5 Å². The van der Waals surface area contributed by atoms with Gasteiger partial charge in [-0.05, 0) is 44.8 Å². The van der Waals surface area contributed by atoms with Gasteiger partial charge in [-0.3, -0.25) is 0 Å². The number of hydrogen-bond acceptors (Lipinski definition) is 4. The van der Waals surface area contributed by atoms with Crippen molar-refractivity contribution >= 4 is 11.5 Å². The van der Waals surface area contributed by atoms with E-state index in [0.717, 1.165) is 43.1 Å². The Morgan fingerprint density at radius 1 is 1.20 bits per heavy atom. The van der Waals surface area contributed by atoms with E-state index in [1.165, 1.54) is 5.56 Å². The van der Waals surface area contributed by atoms with Crippen molar-refractivity contribution in [3.63, 3.8) is 0 Å². The van der Waals surface area contributed by atoms with Gasteiger partial charge in [0, 0.05) is 30.4 Å². The zero-order valence-electron chi connectivity index (χ0n) is 14.9. The van der Waals surface area contributed by atoms with Crippen molar-refractivity contribution in [2.75, 3.05) is 25.5 Å². The first-order chi connectivity index (χ1) is 12.2. The molecule has 130 valence electrons. The van der Waals surface area contributed by atoms with E-state index in [9.17, 15) is 0 Å². The molecule has 4 rings (SSSR count). The van der Waals surface area contributed by atoms with Crippen LogP contribution in [0.25, 0.3) is 5.65 Å². The van der Waals surface area contributed by atoms with Crippen molar-refractivity contribution in [2.45, 2.75) is 25.8 Å². The van der Waals surface area contributed by atoms with E-state index in [1.54, 1.807) is 0 Å². The summed E-state index contributed by atoms with van der Waals surface area (Å²) in [6.45, 7) is 4.27. The van der Waals surface area contributed by atoms with Gasteiger partial charge in [-0.2, -0.15) is 9.61 Å². The second-order valence-corrected chi connectivity index (χ2v) is 7.14. The van der Waals surface area contributed by atoms with Crippen LogP contribution in [-0.4, -0.2) is 45.7 Å². The van der Waals surface area contributed by atoms with Crippen LogP contribution in [0.1, 0.15) is 17.7 Å². The van der Waals surface area contributed by atoms with Crippen LogP contribution in [0.2, 0.25) is 0 Å². The number of benzene rings is 1. The van der Waals surface area contributed by atoms with E-state index in [-0.39, 0.29) is 0 Å². The molecule has 25 heavy (non-hydrogen) atoms. The van der Waals surface area contributed by atoms with Crippen LogP contribution in [-0.2, 0) is 6.42 Å². The van der Waals surface area contributed by atoms with Crippen LogP contribution in [0, 0.1) is 12.8 Å². The number of aromatic nitrogens is 3. The van der Waals surface area contributed by atoms with E-state index >= 15 is 0 Å². The SMILES string of the molecule is Cc1cc(N[C@@H]2CCN(C)C[C@@H]2Cc2ccccc2)n2nccc2n1. The third-order valence-electron chi connectivity index (χ3n) is 5.10. The van der Waals surface area contributed by atoms with Crippen LogP contribution in [0.4, 0.5) is 5.82 Å². The van der Waals surface area contributed by atoms with Crippen molar-refractivity contribution in [3.05, 3.63) is 59.9 Å². The zero-order chi connectivity index (χ0) is 17.2. The van der Waals surface area contributed by atoms with E-state index < -0.39 is 0 Å². The summed E-state index contributed by atoms with van der Waals surface area (Å²) in [6.07, 6.45) is 4.04. The molecule has 0 radical (unpaired) electrons. The maximum absolute atomic E-state index is 4.54. The molecule has 0 unspecified atom stereocenters. The number of piperidine rings is 1. The fourth-order valence-electron chi connectivity index (χ4n) is 3.86. The monoisotopic (exact) mass is 335 g/mol. The maximum Gasteiger partial charge on any atom is 0.157 e. The summed E-state index contributed by atoms with van der Waals surface area (Å²) in [5.74, 6) is 1.61. The predicted octanol–water partition coefficient (Wildman–Crippen LogP) is 3.01. The first-order valence-corrected chi connectivity index (χ1v) is 8.99. The maximum atomic E-state index is 4.54. The van der Waals surface area contributed by atoms with Crippen LogP contribution in [0.15, 0.2) is 48.7 Å². The average molecular weight is 335 g/mol. The molecule has 0 saturated carbocycles. The Morgan fingerprint density at radius 3 is 2.88 bits per heavy atom. The number of nitrogens with zero attached hydrogens (tertiary/aromatic N) is 4. The summed E-state index contributed by atoms with van der Waals surface area (Å²) in [5, 5.41) is 8.21. The summed E-state index contributed by atoms with van der Waals surface area (Å²) < 4.78 is 1.91. The second kappa shape index (κ2) is 6.84. The lowest BCUT2D eigenvalue weighted by atomic mass is 9.87. The third kappa shape index (κ3) is 3.51. The Labute approximate surface area is 148 Å². The molecule has 0 bridgehead atoms. The second-order valence-electron chi connectivity index (χ2n) is 7.14. The van der Waals surface area contributed by atoms with E-state index in [2.05, 4.69) is 63.7 Å². The van der Waals surface area contributed by atoms with Gasteiger partial charge in [0.2, 0.25) is 0 Å². The Kier molecular flexibility index (Phi) is 4.40. The van der Waals surface area contributed by atoms with E-state index in [4.69, 9.17) is 0 Å². The molecule has 5 nitrogen and oxygen atoms in total. The Bertz CT molecular complexity index is 842. The van der Waals surface area contributed by atoms with Gasteiger partial charge in [-0.1, -0.05) is 30.3 Å². The number of nitrogens with one attached hydrogen (secondary N) is 1. The lowest BCUT2D eigenvalue weighted by Crippen LogP contribution is -2.45. The van der Waals surface area contributed by atoms with E-state index in [0.29, 0.717) is 12.0 Å². The van der Waals surface area contributed by atoms with Gasteiger partial charge in [0.15, 0.2) is 5.65 Å².